The summed E-state index contributed by atoms with van der Waals surface area (Å²) in [4.78, 5) is 27.5. The third-order valence-corrected chi connectivity index (χ3v) is 7.14. The van der Waals surface area contributed by atoms with Gasteiger partial charge in [0.05, 0.1) is 18.2 Å². The van der Waals surface area contributed by atoms with Gasteiger partial charge in [-0.2, -0.15) is 0 Å². The summed E-state index contributed by atoms with van der Waals surface area (Å²) in [5.41, 5.74) is 2.28. The van der Waals surface area contributed by atoms with Crippen LogP contribution in [0.15, 0.2) is 11.4 Å². The number of rotatable bonds is 6. The van der Waals surface area contributed by atoms with E-state index in [4.69, 9.17) is 4.74 Å². The maximum Gasteiger partial charge on any atom is 0.341 e. The monoisotopic (exact) mass is 391 g/mol. The fraction of sp³-hybridized carbons (Fsp3) is 0.500. The summed E-state index contributed by atoms with van der Waals surface area (Å²) < 4.78 is 5.00. The Bertz CT molecular complexity index is 806. The number of carbonyl (C=O) groups is 2. The highest BCUT2D eigenvalue weighted by molar-refractivity contribution is 7.17. The van der Waals surface area contributed by atoms with Gasteiger partial charge in [0.15, 0.2) is 0 Å². The van der Waals surface area contributed by atoms with E-state index < -0.39 is 0 Å². The number of nitrogens with one attached hydrogen (secondary N) is 1. The van der Waals surface area contributed by atoms with Crippen LogP contribution in [0.3, 0.4) is 0 Å². The van der Waals surface area contributed by atoms with Crippen molar-refractivity contribution in [1.82, 2.24) is 0 Å². The molecular weight excluding hydrogens is 366 g/mol. The second-order valence-corrected chi connectivity index (χ2v) is 8.82. The quantitative estimate of drug-likeness (QED) is 0.678. The molecule has 2 heterocycles. The molecule has 3 rings (SSSR count). The summed E-state index contributed by atoms with van der Waals surface area (Å²) in [5.74, 6) is 0.146. The van der Waals surface area contributed by atoms with Crippen molar-refractivity contribution in [3.8, 4) is 0 Å². The van der Waals surface area contributed by atoms with Gasteiger partial charge in [0.2, 0.25) is 0 Å². The van der Waals surface area contributed by atoms with E-state index in [-0.39, 0.29) is 11.9 Å². The fourth-order valence-electron chi connectivity index (χ4n) is 3.46. The van der Waals surface area contributed by atoms with Gasteiger partial charge in [-0.1, -0.05) is 26.7 Å². The minimum atomic E-state index is -0.357. The highest BCUT2D eigenvalue weighted by Crippen LogP contribution is 2.41. The van der Waals surface area contributed by atoms with Crippen molar-refractivity contribution in [1.29, 1.82) is 0 Å². The zero-order chi connectivity index (χ0) is 18.7. The first-order chi connectivity index (χ1) is 12.6. The Morgan fingerprint density at radius 2 is 2.15 bits per heavy atom. The number of hydrogen-bond donors (Lipinski definition) is 1. The predicted octanol–water partition coefficient (Wildman–Crippen LogP) is 5.32. The van der Waals surface area contributed by atoms with E-state index in [1.54, 1.807) is 11.3 Å². The van der Waals surface area contributed by atoms with Gasteiger partial charge in [0, 0.05) is 15.1 Å². The summed E-state index contributed by atoms with van der Waals surface area (Å²) in [7, 11) is 1.39. The lowest BCUT2D eigenvalue weighted by Gasteiger charge is -2.20. The molecule has 1 aliphatic carbocycles. The number of methoxy groups -OCH3 is 1. The molecule has 2 aromatic heterocycles. The minimum Gasteiger partial charge on any atom is -0.465 e. The van der Waals surface area contributed by atoms with Crippen LogP contribution in [-0.2, 0) is 24.0 Å². The molecule has 1 N–H and O–H groups in total. The maximum absolute atomic E-state index is 12.7. The van der Waals surface area contributed by atoms with E-state index in [9.17, 15) is 9.59 Å². The summed E-state index contributed by atoms with van der Waals surface area (Å²) >= 11 is 3.15. The Balaban J connectivity index is 1.87. The standard InChI is InChI=1S/C20H25NO3S2/c1-4-6-14-10-13(11-25-14)18(22)21-19-17(20(23)24-3)15-8-7-12(5-2)9-16(15)26-19/h10-12H,4-9H2,1-3H3,(H,21,22)/t12-/m0/s1. The Kier molecular flexibility index (Phi) is 6.14. The highest BCUT2D eigenvalue weighted by Gasteiger charge is 2.29. The number of anilines is 1. The van der Waals surface area contributed by atoms with Crippen molar-refractivity contribution in [2.75, 3.05) is 12.4 Å². The molecule has 1 atom stereocenters. The normalized spacial score (nSPS) is 16.2. The molecular formula is C20H25NO3S2. The number of amides is 1. The van der Waals surface area contributed by atoms with Crippen molar-refractivity contribution >= 4 is 39.6 Å². The van der Waals surface area contributed by atoms with E-state index in [1.807, 2.05) is 11.4 Å². The minimum absolute atomic E-state index is 0.153. The molecule has 6 heteroatoms. The zero-order valence-electron chi connectivity index (χ0n) is 15.5. The van der Waals surface area contributed by atoms with E-state index >= 15 is 0 Å². The second kappa shape index (κ2) is 8.35. The summed E-state index contributed by atoms with van der Waals surface area (Å²) in [6, 6.07) is 1.95. The van der Waals surface area contributed by atoms with Gasteiger partial charge in [-0.05, 0) is 43.2 Å². The molecule has 0 radical (unpaired) electrons. The smallest absolute Gasteiger partial charge is 0.341 e. The lowest BCUT2D eigenvalue weighted by atomic mass is 9.85. The maximum atomic E-state index is 12.7. The Labute approximate surface area is 162 Å². The molecule has 1 aliphatic rings. The molecule has 0 saturated heterocycles. The molecule has 26 heavy (non-hydrogen) atoms. The number of esters is 1. The van der Waals surface area contributed by atoms with Gasteiger partial charge < -0.3 is 10.1 Å². The Morgan fingerprint density at radius 3 is 2.85 bits per heavy atom. The molecule has 0 unspecified atom stereocenters. The van der Waals surface area contributed by atoms with Crippen LogP contribution in [0.1, 0.15) is 69.1 Å². The van der Waals surface area contributed by atoms with Crippen LogP contribution in [0.5, 0.6) is 0 Å². The first kappa shape index (κ1) is 19.1. The lowest BCUT2D eigenvalue weighted by molar-refractivity contribution is 0.0601. The Hall–Kier alpha value is -1.66. The van der Waals surface area contributed by atoms with Crippen molar-refractivity contribution in [3.63, 3.8) is 0 Å². The molecule has 0 spiro atoms. The van der Waals surface area contributed by atoms with Crippen LogP contribution < -0.4 is 5.32 Å². The van der Waals surface area contributed by atoms with Crippen molar-refractivity contribution in [2.24, 2.45) is 5.92 Å². The molecule has 2 aromatic rings. The predicted molar refractivity (Wildman–Crippen MR) is 108 cm³/mol. The lowest BCUT2D eigenvalue weighted by Crippen LogP contribution is -2.16. The SMILES string of the molecule is CCCc1cc(C(=O)Nc2sc3c(c2C(=O)OC)CC[C@H](CC)C3)cs1. The molecule has 0 aliphatic heterocycles. The van der Waals surface area contributed by atoms with Crippen molar-refractivity contribution in [2.45, 2.75) is 52.4 Å². The van der Waals surface area contributed by atoms with Gasteiger partial charge in [0.25, 0.3) is 5.91 Å². The third-order valence-electron chi connectivity index (χ3n) is 4.97. The van der Waals surface area contributed by atoms with Gasteiger partial charge in [-0.15, -0.1) is 22.7 Å². The van der Waals surface area contributed by atoms with Gasteiger partial charge >= 0.3 is 5.97 Å². The van der Waals surface area contributed by atoms with Gasteiger partial charge in [-0.3, -0.25) is 4.79 Å². The van der Waals surface area contributed by atoms with Gasteiger partial charge in [-0.25, -0.2) is 4.79 Å². The van der Waals surface area contributed by atoms with Crippen LogP contribution >= 0.6 is 22.7 Å². The van der Waals surface area contributed by atoms with E-state index in [2.05, 4.69) is 19.2 Å². The first-order valence-electron chi connectivity index (χ1n) is 9.18. The average Bonchev–Trinajstić information content (AvgIpc) is 3.25. The second-order valence-electron chi connectivity index (χ2n) is 6.72. The number of carbonyl (C=O) groups excluding carboxylic acids is 2. The number of thiophene rings is 2. The first-order valence-corrected chi connectivity index (χ1v) is 10.9. The summed E-state index contributed by atoms with van der Waals surface area (Å²) in [5, 5.41) is 5.49. The number of aryl methyl sites for hydroxylation is 1. The highest BCUT2D eigenvalue weighted by atomic mass is 32.1. The molecule has 1 amide bonds. The largest absolute Gasteiger partial charge is 0.465 e. The fourth-order valence-corrected chi connectivity index (χ4v) is 5.78. The molecule has 0 saturated carbocycles. The van der Waals surface area contributed by atoms with Crippen LogP contribution in [0.4, 0.5) is 5.00 Å². The third kappa shape index (κ3) is 3.86. The van der Waals surface area contributed by atoms with E-state index in [0.29, 0.717) is 22.0 Å². The summed E-state index contributed by atoms with van der Waals surface area (Å²) in [6.07, 6.45) is 6.13. The van der Waals surface area contributed by atoms with Gasteiger partial charge in [0.1, 0.15) is 5.00 Å². The van der Waals surface area contributed by atoms with Crippen LogP contribution in [0.2, 0.25) is 0 Å². The van der Waals surface area contributed by atoms with Crippen LogP contribution in [-0.4, -0.2) is 19.0 Å². The molecule has 0 aromatic carbocycles. The van der Waals surface area contributed by atoms with Crippen LogP contribution in [0.25, 0.3) is 0 Å². The number of fused-ring (bicyclic) bond motifs is 1. The Morgan fingerprint density at radius 1 is 1.35 bits per heavy atom. The summed E-state index contributed by atoms with van der Waals surface area (Å²) in [6.45, 7) is 4.33. The van der Waals surface area contributed by atoms with E-state index in [0.717, 1.165) is 44.1 Å². The molecule has 0 bridgehead atoms. The molecule has 140 valence electrons. The zero-order valence-corrected chi connectivity index (χ0v) is 17.1. The topological polar surface area (TPSA) is 55.4 Å². The average molecular weight is 392 g/mol. The van der Waals surface area contributed by atoms with Crippen molar-refractivity contribution in [3.05, 3.63) is 37.9 Å². The number of hydrogen-bond acceptors (Lipinski definition) is 5. The molecule has 4 nitrogen and oxygen atoms in total. The van der Waals surface area contributed by atoms with Crippen molar-refractivity contribution < 1.29 is 14.3 Å². The van der Waals surface area contributed by atoms with E-state index in [1.165, 1.54) is 28.2 Å². The number of ether oxygens (including phenoxy) is 1. The molecule has 0 fully saturated rings. The van der Waals surface area contributed by atoms with Crippen LogP contribution in [0, 0.1) is 5.92 Å².